The fraction of sp³-hybridized carbons (Fsp3) is 0.500. The molecule has 5 nitrogen and oxygen atoms in total. The predicted octanol–water partition coefficient (Wildman–Crippen LogP) is 2.22. The van der Waals surface area contributed by atoms with E-state index in [1.165, 1.54) is 11.1 Å². The van der Waals surface area contributed by atoms with Crippen molar-refractivity contribution in [2.75, 3.05) is 52.4 Å². The van der Waals surface area contributed by atoms with Crippen molar-refractivity contribution in [2.24, 2.45) is 0 Å². The molecule has 2 saturated heterocycles. The lowest BCUT2D eigenvalue weighted by Crippen LogP contribution is -2.55. The van der Waals surface area contributed by atoms with Crippen molar-refractivity contribution < 1.29 is 0 Å². The summed E-state index contributed by atoms with van der Waals surface area (Å²) in [4.78, 5) is 5.23. The Bertz CT molecular complexity index is 723. The molecule has 156 valence electrons. The minimum absolute atomic E-state index is 0.361. The molecule has 0 radical (unpaired) electrons. The average Bonchev–Trinajstić information content (AvgIpc) is 2.80. The predicted molar refractivity (Wildman–Crippen MR) is 120 cm³/mol. The Morgan fingerprint density at radius 3 is 2.14 bits per heavy atom. The first-order valence-electron chi connectivity index (χ1n) is 11.1. The maximum absolute atomic E-state index is 3.81. The lowest BCUT2D eigenvalue weighted by molar-refractivity contribution is 0.0888. The highest BCUT2D eigenvalue weighted by atomic mass is 15.3. The van der Waals surface area contributed by atoms with Gasteiger partial charge in [0.1, 0.15) is 0 Å². The fourth-order valence-electron chi connectivity index (χ4n) is 4.72. The first-order valence-corrected chi connectivity index (χ1v) is 11.1. The second kappa shape index (κ2) is 10.3. The van der Waals surface area contributed by atoms with Gasteiger partial charge in [-0.1, -0.05) is 60.7 Å². The summed E-state index contributed by atoms with van der Waals surface area (Å²) in [5.41, 5.74) is 2.82. The Kier molecular flexibility index (Phi) is 7.30. The quantitative estimate of drug-likeness (QED) is 0.673. The molecule has 0 aliphatic carbocycles. The molecular formula is C24H35N5. The molecule has 2 aliphatic heterocycles. The largest absolute Gasteiger partial charge is 0.314 e. The zero-order valence-electron chi connectivity index (χ0n) is 17.6. The van der Waals surface area contributed by atoms with E-state index in [1.54, 1.807) is 0 Å². The number of hydrogen-bond donors (Lipinski definition) is 3. The third-order valence-electron chi connectivity index (χ3n) is 6.34. The molecule has 2 aliphatic rings. The van der Waals surface area contributed by atoms with E-state index in [0.717, 1.165) is 52.4 Å². The molecule has 0 aromatic heterocycles. The average molecular weight is 394 g/mol. The van der Waals surface area contributed by atoms with Gasteiger partial charge < -0.3 is 16.0 Å². The standard InChI is InChI=1S/C24H35N5/c1-20(29-17-13-26-19-24(29)22-10-6-3-7-11-22)27-14-16-28-15-12-25-18-23(28)21-8-4-2-5-9-21/h2-11,20,23-27H,12-19H2,1H3. The zero-order chi connectivity index (χ0) is 19.9. The Morgan fingerprint density at radius 1 is 0.862 bits per heavy atom. The van der Waals surface area contributed by atoms with Crippen molar-refractivity contribution in [2.45, 2.75) is 25.2 Å². The van der Waals surface area contributed by atoms with Crippen molar-refractivity contribution in [1.29, 1.82) is 0 Å². The van der Waals surface area contributed by atoms with E-state index in [4.69, 9.17) is 0 Å². The highest BCUT2D eigenvalue weighted by Crippen LogP contribution is 2.24. The second-order valence-corrected chi connectivity index (χ2v) is 8.17. The molecule has 3 atom stereocenters. The van der Waals surface area contributed by atoms with Crippen molar-refractivity contribution in [3.05, 3.63) is 71.8 Å². The van der Waals surface area contributed by atoms with Crippen LogP contribution in [0.5, 0.6) is 0 Å². The Labute approximate surface area is 175 Å². The van der Waals surface area contributed by atoms with Gasteiger partial charge in [-0.05, 0) is 18.1 Å². The van der Waals surface area contributed by atoms with E-state index in [0.29, 0.717) is 18.2 Å². The molecule has 4 rings (SSSR count). The van der Waals surface area contributed by atoms with Crippen LogP contribution in [0.3, 0.4) is 0 Å². The third kappa shape index (κ3) is 5.24. The summed E-state index contributed by atoms with van der Waals surface area (Å²) in [6, 6.07) is 22.7. The number of hydrogen-bond acceptors (Lipinski definition) is 5. The van der Waals surface area contributed by atoms with Crippen LogP contribution >= 0.6 is 0 Å². The molecule has 2 aromatic rings. The third-order valence-corrected chi connectivity index (χ3v) is 6.34. The van der Waals surface area contributed by atoms with Crippen molar-refractivity contribution in [3.63, 3.8) is 0 Å². The highest BCUT2D eigenvalue weighted by molar-refractivity contribution is 5.21. The lowest BCUT2D eigenvalue weighted by atomic mass is 10.0. The summed E-state index contributed by atoms with van der Waals surface area (Å²) in [5.74, 6) is 0. The van der Waals surface area contributed by atoms with Crippen molar-refractivity contribution in [1.82, 2.24) is 25.8 Å². The van der Waals surface area contributed by atoms with Gasteiger partial charge in [0.05, 0.1) is 6.17 Å². The summed E-state index contributed by atoms with van der Waals surface area (Å²) in [7, 11) is 0. The van der Waals surface area contributed by atoms with Crippen LogP contribution in [0.25, 0.3) is 0 Å². The van der Waals surface area contributed by atoms with Gasteiger partial charge in [-0.15, -0.1) is 0 Å². The minimum atomic E-state index is 0.361. The summed E-state index contributed by atoms with van der Waals surface area (Å²) >= 11 is 0. The molecule has 2 aromatic carbocycles. The molecule has 0 saturated carbocycles. The maximum atomic E-state index is 3.81. The number of nitrogens with one attached hydrogen (secondary N) is 3. The van der Waals surface area contributed by atoms with Gasteiger partial charge in [0.15, 0.2) is 0 Å². The number of rotatable bonds is 7. The molecule has 3 N–H and O–H groups in total. The Morgan fingerprint density at radius 2 is 1.45 bits per heavy atom. The highest BCUT2D eigenvalue weighted by Gasteiger charge is 2.28. The number of piperazine rings is 2. The van der Waals surface area contributed by atoms with Crippen LogP contribution in [0.1, 0.15) is 30.1 Å². The van der Waals surface area contributed by atoms with Gasteiger partial charge in [0, 0.05) is 64.4 Å². The maximum Gasteiger partial charge on any atom is 0.0575 e. The van der Waals surface area contributed by atoms with E-state index < -0.39 is 0 Å². The first-order chi connectivity index (χ1) is 14.3. The smallest absolute Gasteiger partial charge is 0.0575 e. The van der Waals surface area contributed by atoms with Crippen LogP contribution in [0.2, 0.25) is 0 Å². The summed E-state index contributed by atoms with van der Waals surface area (Å²) in [6.45, 7) is 10.8. The zero-order valence-corrected chi connectivity index (χ0v) is 17.6. The van der Waals surface area contributed by atoms with Crippen molar-refractivity contribution >= 4 is 0 Å². The molecule has 3 unspecified atom stereocenters. The lowest BCUT2D eigenvalue weighted by Gasteiger charge is -2.41. The van der Waals surface area contributed by atoms with Crippen LogP contribution in [0.4, 0.5) is 0 Å². The topological polar surface area (TPSA) is 42.6 Å². The SMILES string of the molecule is CC(NCCN1CCNCC1c1ccccc1)N1CCNCC1c1ccccc1. The summed E-state index contributed by atoms with van der Waals surface area (Å²) < 4.78 is 0. The summed E-state index contributed by atoms with van der Waals surface area (Å²) in [5, 5.41) is 10.9. The van der Waals surface area contributed by atoms with Crippen LogP contribution < -0.4 is 16.0 Å². The molecule has 5 heteroatoms. The number of nitrogens with zero attached hydrogens (tertiary/aromatic N) is 2. The van der Waals surface area contributed by atoms with E-state index in [2.05, 4.69) is 93.3 Å². The Hall–Kier alpha value is -1.76. The van der Waals surface area contributed by atoms with Gasteiger partial charge in [-0.3, -0.25) is 9.80 Å². The molecule has 2 heterocycles. The molecule has 29 heavy (non-hydrogen) atoms. The van der Waals surface area contributed by atoms with Gasteiger partial charge >= 0.3 is 0 Å². The normalized spacial score (nSPS) is 25.0. The van der Waals surface area contributed by atoms with Crippen LogP contribution in [0, 0.1) is 0 Å². The van der Waals surface area contributed by atoms with Crippen LogP contribution in [-0.2, 0) is 0 Å². The van der Waals surface area contributed by atoms with E-state index in [-0.39, 0.29) is 0 Å². The van der Waals surface area contributed by atoms with Gasteiger partial charge in [0.25, 0.3) is 0 Å². The minimum Gasteiger partial charge on any atom is -0.314 e. The van der Waals surface area contributed by atoms with Crippen LogP contribution in [-0.4, -0.2) is 68.3 Å². The number of benzene rings is 2. The van der Waals surface area contributed by atoms with E-state index in [1.807, 2.05) is 0 Å². The molecule has 0 bridgehead atoms. The van der Waals surface area contributed by atoms with E-state index >= 15 is 0 Å². The molecule has 2 fully saturated rings. The van der Waals surface area contributed by atoms with E-state index in [9.17, 15) is 0 Å². The Balaban J connectivity index is 1.33. The fourth-order valence-corrected chi connectivity index (χ4v) is 4.72. The monoisotopic (exact) mass is 393 g/mol. The van der Waals surface area contributed by atoms with Crippen LogP contribution in [0.15, 0.2) is 60.7 Å². The summed E-state index contributed by atoms with van der Waals surface area (Å²) in [6.07, 6.45) is 0.361. The van der Waals surface area contributed by atoms with Gasteiger partial charge in [0.2, 0.25) is 0 Å². The molecule has 0 amide bonds. The molecular weight excluding hydrogens is 358 g/mol. The molecule has 0 spiro atoms. The van der Waals surface area contributed by atoms with Gasteiger partial charge in [-0.25, -0.2) is 0 Å². The van der Waals surface area contributed by atoms with Gasteiger partial charge in [-0.2, -0.15) is 0 Å². The van der Waals surface area contributed by atoms with Crippen molar-refractivity contribution in [3.8, 4) is 0 Å². The first kappa shape index (κ1) is 20.5. The second-order valence-electron chi connectivity index (χ2n) is 8.17.